The molecule has 2 saturated heterocycles. The lowest BCUT2D eigenvalue weighted by Crippen LogP contribution is -2.39. The van der Waals surface area contributed by atoms with Crippen LogP contribution in [0.4, 0.5) is 0 Å². The lowest BCUT2D eigenvalue weighted by molar-refractivity contribution is 0.141. The Morgan fingerprint density at radius 3 is 2.80 bits per heavy atom. The molecule has 0 spiro atoms. The Bertz CT molecular complexity index is 441. The van der Waals surface area contributed by atoms with Gasteiger partial charge in [-0.3, -0.25) is 4.90 Å². The van der Waals surface area contributed by atoms with Crippen LogP contribution < -0.4 is 5.32 Å². The maximum Gasteiger partial charge on any atom is 0.0982 e. The van der Waals surface area contributed by atoms with Gasteiger partial charge in [0.15, 0.2) is 0 Å². The highest BCUT2D eigenvalue weighted by Gasteiger charge is 2.32. The van der Waals surface area contributed by atoms with Crippen molar-refractivity contribution in [1.82, 2.24) is 15.2 Å². The summed E-state index contributed by atoms with van der Waals surface area (Å²) in [5.74, 6) is 1.80. The predicted molar refractivity (Wildman–Crippen MR) is 87.8 cm³/mol. The van der Waals surface area contributed by atoms with Crippen LogP contribution in [0.15, 0.2) is 5.38 Å². The van der Waals surface area contributed by atoms with Crippen LogP contribution in [0, 0.1) is 11.8 Å². The van der Waals surface area contributed by atoms with Gasteiger partial charge in [-0.1, -0.05) is 20.8 Å². The smallest absolute Gasteiger partial charge is 0.0982 e. The van der Waals surface area contributed by atoms with Crippen LogP contribution in [0.1, 0.15) is 37.9 Å². The lowest BCUT2D eigenvalue weighted by Gasteiger charge is -2.34. The van der Waals surface area contributed by atoms with Crippen molar-refractivity contribution in [2.24, 2.45) is 11.8 Å². The molecular formula is C15H26ClN3S. The number of thiazole rings is 1. The van der Waals surface area contributed by atoms with Gasteiger partial charge in [-0.2, -0.15) is 0 Å². The fourth-order valence-electron chi connectivity index (χ4n) is 3.21. The molecule has 2 aliphatic rings. The molecule has 2 unspecified atom stereocenters. The molecule has 114 valence electrons. The fourth-order valence-corrected chi connectivity index (χ4v) is 4.11. The molecule has 0 bridgehead atoms. The molecule has 1 N–H and O–H groups in total. The first-order valence-electron chi connectivity index (χ1n) is 7.40. The van der Waals surface area contributed by atoms with E-state index in [1.807, 2.05) is 11.3 Å². The number of rotatable bonds is 2. The van der Waals surface area contributed by atoms with Crippen molar-refractivity contribution in [3.8, 4) is 0 Å². The summed E-state index contributed by atoms with van der Waals surface area (Å²) in [5.41, 5.74) is 1.45. The van der Waals surface area contributed by atoms with Crippen molar-refractivity contribution in [3.63, 3.8) is 0 Å². The maximum absolute atomic E-state index is 4.82. The van der Waals surface area contributed by atoms with Gasteiger partial charge in [0.1, 0.15) is 0 Å². The van der Waals surface area contributed by atoms with Crippen LogP contribution in [0.5, 0.6) is 0 Å². The van der Waals surface area contributed by atoms with E-state index >= 15 is 0 Å². The minimum Gasteiger partial charge on any atom is -0.316 e. The number of likely N-dealkylation sites (tertiary alicyclic amines) is 1. The zero-order chi connectivity index (χ0) is 13.5. The Hall–Kier alpha value is -0.160. The number of fused-ring (bicyclic) bond motifs is 1. The molecule has 20 heavy (non-hydrogen) atoms. The molecule has 0 aromatic carbocycles. The van der Waals surface area contributed by atoms with Crippen LogP contribution >= 0.6 is 23.7 Å². The number of nitrogens with zero attached hydrogens (tertiary/aromatic N) is 2. The molecule has 5 heteroatoms. The third-order valence-electron chi connectivity index (χ3n) is 4.37. The summed E-state index contributed by atoms with van der Waals surface area (Å²) in [6.07, 6.45) is 1.36. The van der Waals surface area contributed by atoms with E-state index in [2.05, 4.69) is 36.4 Å². The van der Waals surface area contributed by atoms with Gasteiger partial charge in [0.05, 0.1) is 10.7 Å². The molecule has 1 aromatic heterocycles. The highest BCUT2D eigenvalue weighted by Crippen LogP contribution is 2.29. The average molecular weight is 316 g/mol. The highest BCUT2D eigenvalue weighted by atomic mass is 35.5. The zero-order valence-corrected chi connectivity index (χ0v) is 14.3. The summed E-state index contributed by atoms with van der Waals surface area (Å²) >= 11 is 1.81. The van der Waals surface area contributed by atoms with Crippen LogP contribution in [0.25, 0.3) is 0 Å². The third kappa shape index (κ3) is 3.53. The van der Waals surface area contributed by atoms with E-state index in [0.717, 1.165) is 18.4 Å². The van der Waals surface area contributed by atoms with Gasteiger partial charge in [0.2, 0.25) is 0 Å². The standard InChI is InChI=1S/C15H25N3S.ClH/c1-15(2,3)14-17-13(10-19-14)9-18-5-4-11-6-16-7-12(11)8-18;/h10-12,16H,4-9H2,1-3H3;1H. The average Bonchev–Trinajstić information content (AvgIpc) is 2.95. The molecule has 3 nitrogen and oxygen atoms in total. The minimum atomic E-state index is 0. The van der Waals surface area contributed by atoms with Crippen LogP contribution in [0.2, 0.25) is 0 Å². The molecule has 0 saturated carbocycles. The number of halogens is 1. The first kappa shape index (κ1) is 16.2. The topological polar surface area (TPSA) is 28.2 Å². The number of hydrogen-bond donors (Lipinski definition) is 1. The number of nitrogens with one attached hydrogen (secondary N) is 1. The monoisotopic (exact) mass is 315 g/mol. The largest absolute Gasteiger partial charge is 0.316 e. The molecular weight excluding hydrogens is 290 g/mol. The van der Waals surface area contributed by atoms with E-state index in [0.29, 0.717) is 0 Å². The van der Waals surface area contributed by atoms with Gasteiger partial charge in [0, 0.05) is 23.9 Å². The summed E-state index contributed by atoms with van der Waals surface area (Å²) in [5, 5.41) is 7.05. The summed E-state index contributed by atoms with van der Waals surface area (Å²) in [6.45, 7) is 12.7. The maximum atomic E-state index is 4.82. The van der Waals surface area contributed by atoms with E-state index in [4.69, 9.17) is 4.98 Å². The molecule has 3 heterocycles. The van der Waals surface area contributed by atoms with E-state index in [-0.39, 0.29) is 17.8 Å². The van der Waals surface area contributed by atoms with Gasteiger partial charge in [0.25, 0.3) is 0 Å². The molecule has 0 radical (unpaired) electrons. The summed E-state index contributed by atoms with van der Waals surface area (Å²) in [4.78, 5) is 7.42. The van der Waals surface area contributed by atoms with Gasteiger partial charge >= 0.3 is 0 Å². The van der Waals surface area contributed by atoms with Crippen molar-refractivity contribution in [2.75, 3.05) is 26.2 Å². The van der Waals surface area contributed by atoms with Gasteiger partial charge in [-0.25, -0.2) is 4.98 Å². The normalized spacial score (nSPS) is 27.1. The molecule has 2 fully saturated rings. The first-order valence-corrected chi connectivity index (χ1v) is 8.28. The Balaban J connectivity index is 0.00000147. The SMILES string of the molecule is CC(C)(C)c1nc(CN2CCC3CNCC3C2)cs1.Cl. The van der Waals surface area contributed by atoms with E-state index in [1.54, 1.807) is 0 Å². The minimum absolute atomic E-state index is 0. The predicted octanol–water partition coefficient (Wildman–Crippen LogP) is 2.90. The number of piperidine rings is 1. The van der Waals surface area contributed by atoms with Crippen molar-refractivity contribution >= 4 is 23.7 Å². The van der Waals surface area contributed by atoms with E-state index in [1.165, 1.54) is 43.3 Å². The molecule has 0 amide bonds. The van der Waals surface area contributed by atoms with Crippen LogP contribution in [0.3, 0.4) is 0 Å². The second-order valence-electron chi connectivity index (χ2n) is 7.10. The second-order valence-corrected chi connectivity index (χ2v) is 7.95. The Kier molecular flexibility index (Phi) is 5.11. The molecule has 0 aliphatic carbocycles. The Labute approximate surface area is 132 Å². The van der Waals surface area contributed by atoms with Crippen LogP contribution in [-0.2, 0) is 12.0 Å². The van der Waals surface area contributed by atoms with Crippen molar-refractivity contribution in [1.29, 1.82) is 0 Å². The Morgan fingerprint density at radius 1 is 1.35 bits per heavy atom. The van der Waals surface area contributed by atoms with E-state index in [9.17, 15) is 0 Å². The summed E-state index contributed by atoms with van der Waals surface area (Å²) in [7, 11) is 0. The second kappa shape index (κ2) is 6.30. The van der Waals surface area contributed by atoms with Gasteiger partial charge in [-0.05, 0) is 37.9 Å². The highest BCUT2D eigenvalue weighted by molar-refractivity contribution is 7.09. The van der Waals surface area contributed by atoms with Gasteiger partial charge in [-0.15, -0.1) is 23.7 Å². The zero-order valence-electron chi connectivity index (χ0n) is 12.7. The molecule has 2 atom stereocenters. The van der Waals surface area contributed by atoms with E-state index < -0.39 is 0 Å². The van der Waals surface area contributed by atoms with Crippen molar-refractivity contribution < 1.29 is 0 Å². The van der Waals surface area contributed by atoms with Crippen molar-refractivity contribution in [3.05, 3.63) is 16.1 Å². The van der Waals surface area contributed by atoms with Gasteiger partial charge < -0.3 is 5.32 Å². The Morgan fingerprint density at radius 2 is 2.10 bits per heavy atom. The molecule has 2 aliphatic heterocycles. The number of hydrogen-bond acceptors (Lipinski definition) is 4. The summed E-state index contributed by atoms with van der Waals surface area (Å²) in [6, 6.07) is 0. The van der Waals surface area contributed by atoms with Crippen LogP contribution in [-0.4, -0.2) is 36.1 Å². The molecule has 1 aromatic rings. The van der Waals surface area contributed by atoms with Crippen molar-refractivity contribution in [2.45, 2.75) is 39.2 Å². The molecule has 3 rings (SSSR count). The first-order chi connectivity index (χ1) is 9.02. The number of aromatic nitrogens is 1. The fraction of sp³-hybridized carbons (Fsp3) is 0.800. The third-order valence-corrected chi connectivity index (χ3v) is 5.68. The quantitative estimate of drug-likeness (QED) is 0.909. The summed E-state index contributed by atoms with van der Waals surface area (Å²) < 4.78 is 0. The lowest BCUT2D eigenvalue weighted by atomic mass is 9.89.